The summed E-state index contributed by atoms with van der Waals surface area (Å²) in [5.41, 5.74) is 0.949. The second-order valence-corrected chi connectivity index (χ2v) is 4.14. The van der Waals surface area contributed by atoms with Crippen molar-refractivity contribution >= 4 is 6.03 Å². The Morgan fingerprint density at radius 3 is 2.58 bits per heavy atom. The minimum absolute atomic E-state index is 0.518. The van der Waals surface area contributed by atoms with Crippen LogP contribution in [0.15, 0.2) is 46.9 Å². The monoisotopic (exact) mass is 260 g/mol. The summed E-state index contributed by atoms with van der Waals surface area (Å²) in [5, 5.41) is 12.6. The highest BCUT2D eigenvalue weighted by molar-refractivity contribution is 5.72. The van der Waals surface area contributed by atoms with E-state index < -0.39 is 12.1 Å². The molecule has 5 heteroatoms. The van der Waals surface area contributed by atoms with E-state index in [1.54, 1.807) is 13.0 Å². The van der Waals surface area contributed by atoms with Crippen molar-refractivity contribution in [1.29, 1.82) is 0 Å². The number of carbonyl (C=O) groups excluding carboxylic acids is 1. The summed E-state index contributed by atoms with van der Waals surface area (Å²) in [6, 6.07) is 12.1. The van der Waals surface area contributed by atoms with Gasteiger partial charge in [-0.1, -0.05) is 30.3 Å². The summed E-state index contributed by atoms with van der Waals surface area (Å²) in [6.07, 6.45) is 0. The Morgan fingerprint density at radius 2 is 1.95 bits per heavy atom. The molecule has 1 unspecified atom stereocenters. The molecule has 0 bridgehead atoms. The molecular weight excluding hydrogens is 244 g/mol. The Hall–Kier alpha value is -2.27. The average molecular weight is 260 g/mol. The molecule has 2 rings (SSSR count). The van der Waals surface area contributed by atoms with Gasteiger partial charge in [0.2, 0.25) is 0 Å². The van der Waals surface area contributed by atoms with Gasteiger partial charge >= 0.3 is 6.03 Å². The van der Waals surface area contributed by atoms with E-state index in [4.69, 9.17) is 4.42 Å². The van der Waals surface area contributed by atoms with Gasteiger partial charge in [-0.15, -0.1) is 0 Å². The summed E-state index contributed by atoms with van der Waals surface area (Å²) in [5.74, 6) is 1.22. The quantitative estimate of drug-likeness (QED) is 0.658. The number of nitrogens with zero attached hydrogens (tertiary/aromatic N) is 1. The fourth-order valence-corrected chi connectivity index (χ4v) is 1.75. The van der Waals surface area contributed by atoms with Crippen molar-refractivity contribution in [3.05, 3.63) is 48.2 Å². The van der Waals surface area contributed by atoms with Crippen LogP contribution in [0.2, 0.25) is 0 Å². The molecular formula is C14H16N2O3. The molecule has 5 nitrogen and oxygen atoms in total. The zero-order chi connectivity index (χ0) is 13.8. The summed E-state index contributed by atoms with van der Waals surface area (Å²) in [4.78, 5) is 11.3. The van der Waals surface area contributed by atoms with Gasteiger partial charge in [0.25, 0.3) is 0 Å². The fraction of sp³-hybridized carbons (Fsp3) is 0.214. The predicted octanol–water partition coefficient (Wildman–Crippen LogP) is 3.04. The molecule has 0 aliphatic carbocycles. The van der Waals surface area contributed by atoms with Crippen molar-refractivity contribution in [2.75, 3.05) is 7.05 Å². The lowest BCUT2D eigenvalue weighted by Crippen LogP contribution is -2.37. The Balaban J connectivity index is 2.20. The normalized spacial score (nSPS) is 11.9. The van der Waals surface area contributed by atoms with E-state index in [0.29, 0.717) is 16.6 Å². The van der Waals surface area contributed by atoms with E-state index in [-0.39, 0.29) is 0 Å². The van der Waals surface area contributed by atoms with Crippen molar-refractivity contribution in [2.45, 2.75) is 13.0 Å². The van der Waals surface area contributed by atoms with Crippen LogP contribution in [0.4, 0.5) is 4.79 Å². The number of hydroxylamine groups is 2. The molecule has 0 aliphatic heterocycles. The largest absolute Gasteiger partial charge is 0.459 e. The lowest BCUT2D eigenvalue weighted by molar-refractivity contribution is -0.0787. The zero-order valence-corrected chi connectivity index (χ0v) is 10.8. The van der Waals surface area contributed by atoms with Crippen LogP contribution >= 0.6 is 0 Å². The first-order chi connectivity index (χ1) is 9.13. The maximum atomic E-state index is 11.3. The third-order valence-electron chi connectivity index (χ3n) is 2.89. The minimum Gasteiger partial charge on any atom is -0.459 e. The maximum absolute atomic E-state index is 11.3. The van der Waals surface area contributed by atoms with Crippen LogP contribution in [-0.2, 0) is 0 Å². The first-order valence-electron chi connectivity index (χ1n) is 5.98. The van der Waals surface area contributed by atoms with Crippen molar-refractivity contribution < 1.29 is 14.4 Å². The number of urea groups is 1. The Bertz CT molecular complexity index is 551. The van der Waals surface area contributed by atoms with Crippen LogP contribution in [0.5, 0.6) is 0 Å². The molecule has 19 heavy (non-hydrogen) atoms. The number of carbonyl (C=O) groups is 1. The van der Waals surface area contributed by atoms with Crippen molar-refractivity contribution in [1.82, 2.24) is 10.4 Å². The summed E-state index contributed by atoms with van der Waals surface area (Å²) in [7, 11) is 1.45. The third kappa shape index (κ3) is 2.77. The summed E-state index contributed by atoms with van der Waals surface area (Å²) in [6.45, 7) is 1.68. The highest BCUT2D eigenvalue weighted by atomic mass is 16.5. The highest BCUT2D eigenvalue weighted by Crippen LogP contribution is 2.27. The number of benzene rings is 1. The molecule has 2 amide bonds. The van der Waals surface area contributed by atoms with Gasteiger partial charge in [-0.05, 0) is 19.1 Å². The Labute approximate surface area is 111 Å². The first kappa shape index (κ1) is 13.2. The minimum atomic E-state index is -0.579. The number of nitrogens with one attached hydrogen (secondary N) is 1. The third-order valence-corrected chi connectivity index (χ3v) is 2.89. The molecule has 0 spiro atoms. The van der Waals surface area contributed by atoms with Gasteiger partial charge in [-0.3, -0.25) is 5.21 Å². The summed E-state index contributed by atoms with van der Waals surface area (Å²) < 4.78 is 5.67. The van der Waals surface area contributed by atoms with E-state index >= 15 is 0 Å². The molecule has 0 saturated heterocycles. The SMILES string of the molecule is CNC(=O)N(O)C(C)c1ccc(-c2ccccc2)o1. The van der Waals surface area contributed by atoms with Gasteiger partial charge in [-0.2, -0.15) is 5.06 Å². The second kappa shape index (κ2) is 5.58. The van der Waals surface area contributed by atoms with Crippen molar-refractivity contribution in [3.8, 4) is 11.3 Å². The van der Waals surface area contributed by atoms with Crippen LogP contribution in [0, 0.1) is 0 Å². The van der Waals surface area contributed by atoms with Crippen molar-refractivity contribution in [3.63, 3.8) is 0 Å². The summed E-state index contributed by atoms with van der Waals surface area (Å²) >= 11 is 0. The van der Waals surface area contributed by atoms with Crippen LogP contribution in [-0.4, -0.2) is 23.3 Å². The molecule has 100 valence electrons. The Kier molecular flexibility index (Phi) is 3.87. The lowest BCUT2D eigenvalue weighted by atomic mass is 10.2. The van der Waals surface area contributed by atoms with Gasteiger partial charge in [0.05, 0.1) is 0 Å². The molecule has 1 aromatic carbocycles. The van der Waals surface area contributed by atoms with Gasteiger partial charge in [-0.25, -0.2) is 4.79 Å². The molecule has 1 heterocycles. The zero-order valence-electron chi connectivity index (χ0n) is 10.8. The van der Waals surface area contributed by atoms with E-state index in [1.807, 2.05) is 36.4 Å². The maximum Gasteiger partial charge on any atom is 0.341 e. The first-order valence-corrected chi connectivity index (χ1v) is 5.98. The molecule has 0 fully saturated rings. The van der Waals surface area contributed by atoms with Crippen LogP contribution in [0.1, 0.15) is 18.7 Å². The second-order valence-electron chi connectivity index (χ2n) is 4.14. The number of hydrogen-bond donors (Lipinski definition) is 2. The van der Waals surface area contributed by atoms with E-state index in [0.717, 1.165) is 5.56 Å². The van der Waals surface area contributed by atoms with Gasteiger partial charge < -0.3 is 9.73 Å². The standard InChI is InChI=1S/C14H16N2O3/c1-10(16(18)14(17)15-2)12-8-9-13(19-12)11-6-4-3-5-7-11/h3-10,18H,1-2H3,(H,15,17). The van der Waals surface area contributed by atoms with E-state index in [9.17, 15) is 10.0 Å². The van der Waals surface area contributed by atoms with Crippen LogP contribution in [0.3, 0.4) is 0 Å². The molecule has 2 aromatic rings. The van der Waals surface area contributed by atoms with Crippen LogP contribution in [0.25, 0.3) is 11.3 Å². The molecule has 0 aliphatic rings. The molecule has 2 N–H and O–H groups in total. The van der Waals surface area contributed by atoms with E-state index in [2.05, 4.69) is 5.32 Å². The van der Waals surface area contributed by atoms with Crippen molar-refractivity contribution in [2.24, 2.45) is 0 Å². The van der Waals surface area contributed by atoms with Crippen LogP contribution < -0.4 is 5.32 Å². The van der Waals surface area contributed by atoms with Gasteiger partial charge in [0, 0.05) is 12.6 Å². The number of rotatable bonds is 3. The highest BCUT2D eigenvalue weighted by Gasteiger charge is 2.21. The molecule has 1 atom stereocenters. The molecule has 0 saturated carbocycles. The fourth-order valence-electron chi connectivity index (χ4n) is 1.75. The smallest absolute Gasteiger partial charge is 0.341 e. The van der Waals surface area contributed by atoms with Gasteiger partial charge in [0.1, 0.15) is 17.6 Å². The van der Waals surface area contributed by atoms with E-state index in [1.165, 1.54) is 7.05 Å². The van der Waals surface area contributed by atoms with Gasteiger partial charge in [0.15, 0.2) is 0 Å². The lowest BCUT2D eigenvalue weighted by Gasteiger charge is -2.20. The average Bonchev–Trinajstić information content (AvgIpc) is 2.95. The Morgan fingerprint density at radius 1 is 1.26 bits per heavy atom. The predicted molar refractivity (Wildman–Crippen MR) is 70.6 cm³/mol. The topological polar surface area (TPSA) is 65.7 Å². The number of amides is 2. The molecule has 0 radical (unpaired) electrons. The number of furan rings is 1. The number of hydrogen-bond acceptors (Lipinski definition) is 3. The molecule has 1 aromatic heterocycles.